The van der Waals surface area contributed by atoms with Crippen molar-refractivity contribution < 1.29 is 4.79 Å². The first-order chi connectivity index (χ1) is 11.9. The molecule has 5 nitrogen and oxygen atoms in total. The molecule has 2 aliphatic heterocycles. The first kappa shape index (κ1) is 16.8. The summed E-state index contributed by atoms with van der Waals surface area (Å²) in [5, 5.41) is 12.7. The van der Waals surface area contributed by atoms with Gasteiger partial charge in [-0.15, -0.1) is 11.3 Å². The molecule has 25 heavy (non-hydrogen) atoms. The summed E-state index contributed by atoms with van der Waals surface area (Å²) in [6.07, 6.45) is 3.12. The molecule has 0 spiro atoms. The van der Waals surface area contributed by atoms with Crippen LogP contribution in [-0.2, 0) is 16.8 Å². The summed E-state index contributed by atoms with van der Waals surface area (Å²) in [5.74, 6) is 0.869. The molecule has 0 aromatic carbocycles. The molecule has 0 saturated carbocycles. The lowest BCUT2D eigenvalue weighted by Gasteiger charge is -2.26. The van der Waals surface area contributed by atoms with Crippen molar-refractivity contribution in [3.63, 3.8) is 0 Å². The highest BCUT2D eigenvalue weighted by Gasteiger charge is 2.35. The number of nitrogens with one attached hydrogen (secondary N) is 2. The van der Waals surface area contributed by atoms with Crippen molar-refractivity contribution in [3.05, 3.63) is 33.1 Å². The van der Waals surface area contributed by atoms with Gasteiger partial charge in [-0.05, 0) is 42.9 Å². The van der Waals surface area contributed by atoms with Gasteiger partial charge in [-0.1, -0.05) is 20.8 Å². The normalized spacial score (nSPS) is 21.4. The van der Waals surface area contributed by atoms with Crippen LogP contribution in [0.4, 0.5) is 5.82 Å². The third kappa shape index (κ3) is 3.25. The van der Waals surface area contributed by atoms with Crippen LogP contribution in [0.25, 0.3) is 0 Å². The number of thiophene rings is 1. The predicted molar refractivity (Wildman–Crippen MR) is 101 cm³/mol. The van der Waals surface area contributed by atoms with E-state index >= 15 is 0 Å². The zero-order valence-corrected chi connectivity index (χ0v) is 16.0. The number of amides is 1. The van der Waals surface area contributed by atoms with Crippen LogP contribution in [0.5, 0.6) is 0 Å². The van der Waals surface area contributed by atoms with E-state index in [4.69, 9.17) is 0 Å². The molecule has 1 atom stereocenters. The van der Waals surface area contributed by atoms with E-state index in [0.717, 1.165) is 12.2 Å². The van der Waals surface area contributed by atoms with E-state index in [1.165, 1.54) is 41.9 Å². The minimum absolute atomic E-state index is 0.0312. The largest absolute Gasteiger partial charge is 0.309 e. The lowest BCUT2D eigenvalue weighted by atomic mass is 9.82. The molecule has 2 aromatic rings. The Morgan fingerprint density at radius 1 is 1.32 bits per heavy atom. The number of rotatable bonds is 3. The van der Waals surface area contributed by atoms with E-state index in [-0.39, 0.29) is 17.2 Å². The number of carbonyl (C=O) groups is 1. The van der Waals surface area contributed by atoms with Crippen LogP contribution in [0.3, 0.4) is 0 Å². The smallest absolute Gasteiger partial charge is 0.226 e. The number of likely N-dealkylation sites (tertiary alicyclic amines) is 1. The average Bonchev–Trinajstić information content (AvgIpc) is 3.25. The summed E-state index contributed by atoms with van der Waals surface area (Å²) < 4.78 is 0. The number of hydrogen-bond donors (Lipinski definition) is 2. The summed E-state index contributed by atoms with van der Waals surface area (Å²) in [6.45, 7) is 9.98. The molecular formula is C19H26N4OS. The quantitative estimate of drug-likeness (QED) is 0.876. The van der Waals surface area contributed by atoms with Gasteiger partial charge in [-0.2, -0.15) is 5.10 Å². The predicted octanol–water partition coefficient (Wildman–Crippen LogP) is 3.84. The molecule has 1 fully saturated rings. The first-order valence-electron chi connectivity index (χ1n) is 9.10. The van der Waals surface area contributed by atoms with Gasteiger partial charge >= 0.3 is 0 Å². The van der Waals surface area contributed by atoms with Gasteiger partial charge in [0.05, 0.1) is 0 Å². The number of hydrogen-bond acceptors (Lipinski definition) is 4. The molecule has 2 N–H and O–H groups in total. The van der Waals surface area contributed by atoms with Crippen LogP contribution >= 0.6 is 11.3 Å². The second-order valence-corrected chi connectivity index (χ2v) is 9.20. The third-order valence-corrected chi connectivity index (χ3v) is 6.27. The number of aromatic amines is 1. The molecule has 1 unspecified atom stereocenters. The Morgan fingerprint density at radius 2 is 2.08 bits per heavy atom. The molecule has 4 rings (SSSR count). The average molecular weight is 359 g/mol. The zero-order valence-electron chi connectivity index (χ0n) is 15.2. The highest BCUT2D eigenvalue weighted by Crippen LogP contribution is 2.43. The van der Waals surface area contributed by atoms with Crippen molar-refractivity contribution in [1.29, 1.82) is 0 Å². The fraction of sp³-hybridized carbons (Fsp3) is 0.579. The van der Waals surface area contributed by atoms with Gasteiger partial charge in [-0.25, -0.2) is 0 Å². The topological polar surface area (TPSA) is 61.0 Å². The second kappa shape index (κ2) is 6.25. The lowest BCUT2D eigenvalue weighted by Crippen LogP contribution is -2.25. The van der Waals surface area contributed by atoms with Crippen LogP contribution in [0.15, 0.2) is 11.4 Å². The standard InChI is InChI=1S/C19H26N4OS/c1-19(2,3)17-16-13(9-15(24)20-18(16)22-21-17)14-8-12(11-25-14)10-23-6-4-5-7-23/h8,11,13H,4-7,9-10H2,1-3H3,(H2,20,21,22,24). The zero-order chi connectivity index (χ0) is 17.6. The number of carbonyl (C=O) groups excluding carboxylic acids is 1. The van der Waals surface area contributed by atoms with Crippen molar-refractivity contribution in [3.8, 4) is 0 Å². The SMILES string of the molecule is CC(C)(C)c1[nH]nc2c1C(c1cc(CN3CCCC3)cs1)CC(=O)N2. The van der Waals surface area contributed by atoms with E-state index in [9.17, 15) is 4.79 Å². The summed E-state index contributed by atoms with van der Waals surface area (Å²) >= 11 is 1.78. The molecule has 1 saturated heterocycles. The molecule has 4 heterocycles. The minimum atomic E-state index is -0.0312. The van der Waals surface area contributed by atoms with Crippen LogP contribution < -0.4 is 5.32 Å². The molecule has 0 aliphatic carbocycles. The van der Waals surface area contributed by atoms with Gasteiger partial charge in [0, 0.05) is 40.4 Å². The van der Waals surface area contributed by atoms with Crippen molar-refractivity contribution in [2.24, 2.45) is 0 Å². The number of anilines is 1. The number of fused-ring (bicyclic) bond motifs is 1. The summed E-state index contributed by atoms with van der Waals surface area (Å²) in [5.41, 5.74) is 3.63. The Kier molecular flexibility index (Phi) is 4.20. The molecule has 0 bridgehead atoms. The van der Waals surface area contributed by atoms with Gasteiger partial charge < -0.3 is 5.32 Å². The Labute approximate surface area is 152 Å². The van der Waals surface area contributed by atoms with Gasteiger partial charge in [0.15, 0.2) is 5.82 Å². The highest BCUT2D eigenvalue weighted by atomic mass is 32.1. The number of aromatic nitrogens is 2. The van der Waals surface area contributed by atoms with Crippen LogP contribution in [-0.4, -0.2) is 34.1 Å². The Bertz CT molecular complexity index is 780. The molecule has 2 aliphatic rings. The lowest BCUT2D eigenvalue weighted by molar-refractivity contribution is -0.116. The van der Waals surface area contributed by atoms with Gasteiger partial charge in [0.2, 0.25) is 5.91 Å². The molecule has 6 heteroatoms. The molecule has 0 radical (unpaired) electrons. The van der Waals surface area contributed by atoms with E-state index in [0.29, 0.717) is 12.2 Å². The van der Waals surface area contributed by atoms with Gasteiger partial charge in [0.1, 0.15) is 0 Å². The van der Waals surface area contributed by atoms with Crippen molar-refractivity contribution >= 4 is 23.1 Å². The minimum Gasteiger partial charge on any atom is -0.309 e. The van der Waals surface area contributed by atoms with Gasteiger partial charge in [0.25, 0.3) is 0 Å². The van der Waals surface area contributed by atoms with Crippen molar-refractivity contribution in [1.82, 2.24) is 15.1 Å². The van der Waals surface area contributed by atoms with E-state index in [2.05, 4.69) is 52.6 Å². The van der Waals surface area contributed by atoms with E-state index in [1.807, 2.05) is 0 Å². The van der Waals surface area contributed by atoms with Crippen LogP contribution in [0.2, 0.25) is 0 Å². The number of H-pyrrole nitrogens is 1. The summed E-state index contributed by atoms with van der Waals surface area (Å²) in [4.78, 5) is 16.0. The maximum absolute atomic E-state index is 12.2. The Hall–Kier alpha value is -1.66. The maximum Gasteiger partial charge on any atom is 0.226 e. The molecule has 134 valence electrons. The molecule has 1 amide bonds. The van der Waals surface area contributed by atoms with Crippen molar-refractivity contribution in [2.45, 2.75) is 57.9 Å². The molecule has 2 aromatic heterocycles. The van der Waals surface area contributed by atoms with E-state index < -0.39 is 0 Å². The maximum atomic E-state index is 12.2. The Balaban J connectivity index is 1.66. The van der Waals surface area contributed by atoms with Crippen LogP contribution in [0.1, 0.15) is 67.6 Å². The number of nitrogens with zero attached hydrogens (tertiary/aromatic N) is 2. The second-order valence-electron chi connectivity index (χ2n) is 8.26. The summed E-state index contributed by atoms with van der Waals surface area (Å²) in [7, 11) is 0. The van der Waals surface area contributed by atoms with Crippen LogP contribution in [0, 0.1) is 0 Å². The van der Waals surface area contributed by atoms with Gasteiger partial charge in [-0.3, -0.25) is 14.8 Å². The monoisotopic (exact) mass is 358 g/mol. The Morgan fingerprint density at radius 3 is 2.80 bits per heavy atom. The summed E-state index contributed by atoms with van der Waals surface area (Å²) in [6, 6.07) is 2.30. The highest BCUT2D eigenvalue weighted by molar-refractivity contribution is 7.10. The first-order valence-corrected chi connectivity index (χ1v) is 9.98. The fourth-order valence-corrected chi connectivity index (χ4v) is 4.94. The van der Waals surface area contributed by atoms with E-state index in [1.54, 1.807) is 11.3 Å². The fourth-order valence-electron chi connectivity index (χ4n) is 3.93. The third-order valence-electron chi connectivity index (χ3n) is 5.17. The molecular weight excluding hydrogens is 332 g/mol. The van der Waals surface area contributed by atoms with Crippen molar-refractivity contribution in [2.75, 3.05) is 18.4 Å².